The fourth-order valence-electron chi connectivity index (χ4n) is 4.42. The molecule has 1 N–H and O–H groups in total. The van der Waals surface area contributed by atoms with E-state index in [4.69, 9.17) is 13.9 Å². The number of hydrogen-bond acceptors (Lipinski definition) is 7. The molecule has 0 bridgehead atoms. The van der Waals surface area contributed by atoms with Crippen LogP contribution in [0.3, 0.4) is 0 Å². The van der Waals surface area contributed by atoms with Gasteiger partial charge in [0, 0.05) is 5.56 Å². The third kappa shape index (κ3) is 4.60. The van der Waals surface area contributed by atoms with Crippen LogP contribution >= 0.6 is 0 Å². The summed E-state index contributed by atoms with van der Waals surface area (Å²) in [5.74, 6) is -3.02. The first-order chi connectivity index (χ1) is 14.9. The lowest BCUT2D eigenvalue weighted by Crippen LogP contribution is -2.37. The first-order valence-corrected chi connectivity index (χ1v) is 11.1. The molecule has 1 aliphatic carbocycles. The predicted molar refractivity (Wildman–Crippen MR) is 115 cm³/mol. The lowest BCUT2D eigenvalue weighted by atomic mass is 9.74. The number of benzene rings is 1. The number of phenolic OH excluding ortho intramolecular Hbond substituents is 1. The van der Waals surface area contributed by atoms with E-state index in [-0.39, 0.29) is 37.4 Å². The fraction of sp³-hybridized carbons (Fsp3) is 0.542. The summed E-state index contributed by atoms with van der Waals surface area (Å²) in [5.41, 5.74) is 1.15. The highest BCUT2D eigenvalue weighted by atomic mass is 16.5. The summed E-state index contributed by atoms with van der Waals surface area (Å²) in [6.45, 7) is 5.80. The molecule has 2 aromatic rings. The molecular weight excluding hydrogens is 400 g/mol. The van der Waals surface area contributed by atoms with Crippen molar-refractivity contribution in [3.63, 3.8) is 0 Å². The van der Waals surface area contributed by atoms with Gasteiger partial charge in [0.25, 0.3) is 0 Å². The molecule has 1 aromatic heterocycles. The minimum atomic E-state index is -1.04. The minimum Gasteiger partial charge on any atom is -0.507 e. The number of unbranched alkanes of at least 4 members (excludes halogenated alkanes) is 2. The fourth-order valence-corrected chi connectivity index (χ4v) is 4.42. The smallest absolute Gasteiger partial charge is 0.339 e. The highest BCUT2D eigenvalue weighted by Gasteiger charge is 2.44. The molecular formula is C24H30O7. The highest BCUT2D eigenvalue weighted by Crippen LogP contribution is 2.43. The zero-order valence-corrected chi connectivity index (χ0v) is 18.4. The summed E-state index contributed by atoms with van der Waals surface area (Å²) >= 11 is 0. The average Bonchev–Trinajstić information content (AvgIpc) is 2.73. The Hall–Kier alpha value is -2.83. The molecule has 1 heterocycles. The van der Waals surface area contributed by atoms with Crippen LogP contribution in [-0.2, 0) is 31.9 Å². The zero-order chi connectivity index (χ0) is 22.5. The van der Waals surface area contributed by atoms with Crippen molar-refractivity contribution < 1.29 is 28.6 Å². The van der Waals surface area contributed by atoms with Crippen molar-refractivity contribution in [3.05, 3.63) is 39.2 Å². The Morgan fingerprint density at radius 3 is 2.48 bits per heavy atom. The Bertz CT molecular complexity index is 1020. The molecule has 0 fully saturated rings. The van der Waals surface area contributed by atoms with Crippen molar-refractivity contribution in [2.75, 3.05) is 13.2 Å². The number of phenols is 1. The van der Waals surface area contributed by atoms with Gasteiger partial charge in [0.15, 0.2) is 0 Å². The summed E-state index contributed by atoms with van der Waals surface area (Å²) in [5, 5.41) is 11.2. The molecule has 3 rings (SSSR count). The van der Waals surface area contributed by atoms with Crippen molar-refractivity contribution in [1.29, 1.82) is 0 Å². The largest absolute Gasteiger partial charge is 0.507 e. The molecule has 0 radical (unpaired) electrons. The van der Waals surface area contributed by atoms with E-state index >= 15 is 0 Å². The van der Waals surface area contributed by atoms with Crippen LogP contribution < -0.4 is 5.63 Å². The first-order valence-electron chi connectivity index (χ1n) is 11.1. The second kappa shape index (κ2) is 9.98. The number of hydrogen-bond donors (Lipinski definition) is 1. The van der Waals surface area contributed by atoms with Gasteiger partial charge in [-0.2, -0.15) is 0 Å². The quantitative estimate of drug-likeness (QED) is 0.383. The van der Waals surface area contributed by atoms with Gasteiger partial charge in [0.1, 0.15) is 11.3 Å². The predicted octanol–water partition coefficient (Wildman–Crippen LogP) is 4.00. The molecule has 2 unspecified atom stereocenters. The lowest BCUT2D eigenvalue weighted by Gasteiger charge is -2.30. The van der Waals surface area contributed by atoms with E-state index in [1.165, 1.54) is 0 Å². The van der Waals surface area contributed by atoms with Crippen LogP contribution in [0.15, 0.2) is 21.3 Å². The summed E-state index contributed by atoms with van der Waals surface area (Å²) in [6, 6.07) is 3.39. The van der Waals surface area contributed by atoms with E-state index in [2.05, 4.69) is 6.92 Å². The van der Waals surface area contributed by atoms with E-state index in [9.17, 15) is 19.5 Å². The van der Waals surface area contributed by atoms with Gasteiger partial charge >= 0.3 is 17.6 Å². The molecule has 0 saturated carbocycles. The van der Waals surface area contributed by atoms with Crippen molar-refractivity contribution in [1.82, 2.24) is 0 Å². The number of fused-ring (bicyclic) bond motifs is 3. The molecule has 2 atom stereocenters. The zero-order valence-electron chi connectivity index (χ0n) is 18.4. The molecule has 1 aliphatic rings. The maximum absolute atomic E-state index is 12.9. The monoisotopic (exact) mass is 430 g/mol. The van der Waals surface area contributed by atoms with Crippen LogP contribution in [0.2, 0.25) is 0 Å². The first kappa shape index (κ1) is 22.8. The summed E-state index contributed by atoms with van der Waals surface area (Å²) in [4.78, 5) is 38.4. The number of rotatable bonds is 8. The van der Waals surface area contributed by atoms with Crippen LogP contribution in [-0.4, -0.2) is 30.3 Å². The number of esters is 2. The molecule has 168 valence electrons. The molecule has 0 spiro atoms. The molecule has 31 heavy (non-hydrogen) atoms. The molecule has 7 nitrogen and oxygen atoms in total. The summed E-state index contributed by atoms with van der Waals surface area (Å²) in [6.07, 6.45) is 4.34. The molecule has 0 amide bonds. The molecule has 1 aromatic carbocycles. The lowest BCUT2D eigenvalue weighted by molar-refractivity contribution is -0.157. The maximum atomic E-state index is 12.9. The Morgan fingerprint density at radius 2 is 1.81 bits per heavy atom. The second-order valence-electron chi connectivity index (χ2n) is 7.85. The van der Waals surface area contributed by atoms with Crippen LogP contribution in [0, 0.1) is 5.92 Å². The highest BCUT2D eigenvalue weighted by molar-refractivity contribution is 5.96. The third-order valence-corrected chi connectivity index (χ3v) is 5.80. The van der Waals surface area contributed by atoms with Crippen LogP contribution in [0.25, 0.3) is 11.0 Å². The van der Waals surface area contributed by atoms with E-state index in [0.29, 0.717) is 16.5 Å². The molecule has 0 aliphatic heterocycles. The number of ether oxygens (including phenoxy) is 2. The van der Waals surface area contributed by atoms with Gasteiger partial charge in [0.05, 0.1) is 30.4 Å². The Labute approximate surface area is 181 Å². The second-order valence-corrected chi connectivity index (χ2v) is 7.85. The van der Waals surface area contributed by atoms with E-state index in [1.54, 1.807) is 26.0 Å². The average molecular weight is 430 g/mol. The van der Waals surface area contributed by atoms with Crippen LogP contribution in [0.5, 0.6) is 5.75 Å². The van der Waals surface area contributed by atoms with Crippen molar-refractivity contribution in [2.24, 2.45) is 5.92 Å². The number of aromatic hydroxyl groups is 1. The van der Waals surface area contributed by atoms with Gasteiger partial charge in [-0.15, -0.1) is 0 Å². The van der Waals surface area contributed by atoms with Gasteiger partial charge in [-0.3, -0.25) is 9.59 Å². The van der Waals surface area contributed by atoms with E-state index in [1.807, 2.05) is 0 Å². The maximum Gasteiger partial charge on any atom is 0.339 e. The van der Waals surface area contributed by atoms with Crippen molar-refractivity contribution in [2.45, 2.75) is 65.2 Å². The Morgan fingerprint density at radius 1 is 1.10 bits per heavy atom. The van der Waals surface area contributed by atoms with Crippen LogP contribution in [0.4, 0.5) is 0 Å². The van der Waals surface area contributed by atoms with Crippen molar-refractivity contribution in [3.8, 4) is 5.75 Å². The van der Waals surface area contributed by atoms with Gasteiger partial charge in [-0.1, -0.05) is 19.8 Å². The molecule has 7 heteroatoms. The van der Waals surface area contributed by atoms with Gasteiger partial charge in [-0.05, 0) is 62.8 Å². The summed E-state index contributed by atoms with van der Waals surface area (Å²) in [7, 11) is 0. The minimum absolute atomic E-state index is 0.0668. The van der Waals surface area contributed by atoms with Crippen molar-refractivity contribution >= 4 is 22.9 Å². The third-order valence-electron chi connectivity index (χ3n) is 5.80. The van der Waals surface area contributed by atoms with Crippen LogP contribution in [0.1, 0.15) is 69.1 Å². The number of carbonyl (C=O) groups is 2. The standard InChI is InChI=1S/C24H30O7/c1-4-7-8-9-14-12-17(25)21-18(13-14)31-23(27)15-10-11-16(22(26)29-5-2)20(19(15)21)24(28)30-6-3/h12-13,16,20,25H,4-11H2,1-3H3. The van der Waals surface area contributed by atoms with Gasteiger partial charge in [0.2, 0.25) is 0 Å². The van der Waals surface area contributed by atoms with E-state index < -0.39 is 29.4 Å². The number of carbonyl (C=O) groups excluding carboxylic acids is 2. The topological polar surface area (TPSA) is 103 Å². The van der Waals surface area contributed by atoms with Gasteiger partial charge < -0.3 is 19.0 Å². The Balaban J connectivity index is 2.19. The van der Waals surface area contributed by atoms with Gasteiger partial charge in [-0.25, -0.2) is 4.79 Å². The Kier molecular flexibility index (Phi) is 7.36. The normalized spacial score (nSPS) is 17.9. The number of aryl methyl sites for hydroxylation is 1. The molecule has 0 saturated heterocycles. The van der Waals surface area contributed by atoms with E-state index in [0.717, 1.165) is 31.2 Å². The SMILES string of the molecule is CCCCCc1cc(O)c2c3c(c(=O)oc2c1)CCC(C(=O)OCC)C3C(=O)OCC. The summed E-state index contributed by atoms with van der Waals surface area (Å²) < 4.78 is 16.0.